The van der Waals surface area contributed by atoms with Crippen LogP contribution >= 0.6 is 0 Å². The summed E-state index contributed by atoms with van der Waals surface area (Å²) in [5.74, 6) is -120. The minimum atomic E-state index is -8.44. The molecule has 0 aliphatic rings. The Kier molecular flexibility index (Phi) is 20.6. The summed E-state index contributed by atoms with van der Waals surface area (Å²) in [5, 5.41) is 12.1. The molecule has 0 N–H and O–H groups in total. The average Bonchev–Trinajstić information content (AvgIpc) is 3.20. The van der Waals surface area contributed by atoms with Gasteiger partial charge in [-0.3, -0.25) is 10.1 Å². The third-order valence-electron chi connectivity index (χ3n) is 10.0. The van der Waals surface area contributed by atoms with Crippen LogP contribution in [0.4, 0.5) is 171 Å². The van der Waals surface area contributed by atoms with Crippen LogP contribution in [0.15, 0.2) is 0 Å². The highest BCUT2D eigenvalue weighted by Gasteiger charge is 2.93. The molecule has 0 saturated carbocycles. The number of halogens is 39. The molecular weight excluding hydrogens is 1210 g/mol. The van der Waals surface area contributed by atoms with E-state index in [0.29, 0.717) is 0 Å². The molecule has 0 aromatic carbocycles. The number of nitrogens with zero attached hydrogens (tertiary/aromatic N) is 1. The summed E-state index contributed by atoms with van der Waals surface area (Å²) in [7, 11) is 0. The van der Waals surface area contributed by atoms with Gasteiger partial charge in [0.15, 0.2) is 0 Å². The van der Waals surface area contributed by atoms with E-state index in [-0.39, 0.29) is 0 Å². The lowest BCUT2D eigenvalue weighted by Gasteiger charge is -2.39. The molecule has 0 bridgehead atoms. The Balaban J connectivity index is 6.71. The van der Waals surface area contributed by atoms with Gasteiger partial charge < -0.3 is 14.2 Å². The van der Waals surface area contributed by atoms with Gasteiger partial charge in [-0.15, -0.1) is 0 Å². The van der Waals surface area contributed by atoms with Crippen molar-refractivity contribution in [3.63, 3.8) is 0 Å². The predicted octanol–water partition coefficient (Wildman–Crippen LogP) is 14.6. The Bertz CT molecular complexity index is 1720. The van der Waals surface area contributed by atoms with E-state index in [0.717, 1.165) is 0 Å². The van der Waals surface area contributed by atoms with Gasteiger partial charge in [0.2, 0.25) is 5.54 Å². The lowest BCUT2D eigenvalue weighted by molar-refractivity contribution is -0.574. The quantitative estimate of drug-likeness (QED) is 0.0299. The van der Waals surface area contributed by atoms with Crippen molar-refractivity contribution in [2.75, 3.05) is 39.6 Å². The van der Waals surface area contributed by atoms with E-state index < -0.39 is 196 Å². The first-order chi connectivity index (χ1) is 32.8. The fraction of sp³-hybridized carbons (Fsp3) is 1.00. The van der Waals surface area contributed by atoms with Crippen molar-refractivity contribution >= 4 is 0 Å². The second-order valence-electron chi connectivity index (χ2n) is 15.4. The second-order valence-corrected chi connectivity index (χ2v) is 15.4. The van der Waals surface area contributed by atoms with Crippen molar-refractivity contribution in [1.82, 2.24) is 0 Å². The van der Waals surface area contributed by atoms with Gasteiger partial charge in [-0.1, -0.05) is 0 Å². The SMILES string of the molecule is O=[N+]([O-])C(CCCOCC(F)(F)C(F)(F)C(F)(F)C(F)(F)C(F)(F)C(F)(F)F)(CCCOCC(F)(F)C(F)(F)C(F)(F)C(F)(F)C(F)(F)C(F)(F)F)CCCOCC(F)(F)C(F)(F)C(F)(F)C(F)(F)C(F)(F)C(F)(F)F. The normalized spacial score (nSPS) is 16.2. The molecule has 6 nitrogen and oxygen atoms in total. The van der Waals surface area contributed by atoms with Gasteiger partial charge in [0.25, 0.3) is 0 Å². The van der Waals surface area contributed by atoms with E-state index in [1.165, 1.54) is 0 Å². The maximum absolute atomic E-state index is 14.1. The van der Waals surface area contributed by atoms with Crippen LogP contribution in [0.1, 0.15) is 38.5 Å². The van der Waals surface area contributed by atoms with Crippen molar-refractivity contribution in [3.8, 4) is 0 Å². The molecule has 0 aliphatic heterocycles. The first kappa shape index (κ1) is 72.5. The minimum absolute atomic E-state index is 1.59. The van der Waals surface area contributed by atoms with E-state index in [9.17, 15) is 181 Å². The number of nitro groups is 1. The number of alkyl halides is 39. The molecule has 0 atom stereocenters. The van der Waals surface area contributed by atoms with Gasteiger partial charge in [0.05, 0.1) is 0 Å². The smallest absolute Gasteiger partial charge is 0.375 e. The number of hydrogen-bond acceptors (Lipinski definition) is 5. The van der Waals surface area contributed by atoms with Crippen LogP contribution in [0.5, 0.6) is 0 Å². The molecule has 0 unspecified atom stereocenters. The fourth-order valence-electron chi connectivity index (χ4n) is 5.44. The molecule has 76 heavy (non-hydrogen) atoms. The Labute approximate surface area is 392 Å². The van der Waals surface area contributed by atoms with Crippen molar-refractivity contribution < 1.29 is 190 Å². The van der Waals surface area contributed by atoms with Gasteiger partial charge in [0.1, 0.15) is 19.8 Å². The van der Waals surface area contributed by atoms with Gasteiger partial charge in [-0.25, -0.2) is 0 Å². The van der Waals surface area contributed by atoms with Crippen molar-refractivity contribution in [2.24, 2.45) is 0 Å². The topological polar surface area (TPSA) is 70.8 Å². The summed E-state index contributed by atoms with van der Waals surface area (Å²) >= 11 is 0. The molecular formula is C31H24F39NO5. The molecule has 0 aromatic heterocycles. The first-order valence-electron chi connectivity index (χ1n) is 18.6. The molecule has 0 aromatic rings. The third-order valence-corrected chi connectivity index (χ3v) is 10.0. The maximum Gasteiger partial charge on any atom is 0.460 e. The molecule has 0 radical (unpaired) electrons. The van der Waals surface area contributed by atoms with Crippen molar-refractivity contribution in [2.45, 2.75) is 151 Å². The standard InChI is InChI=1S/C31H24F39NO5/c32-14(33,17(38,39)20(44,45)23(50,51)26(56,57)29(62,63)64)10-74-7-1-4-13(71(72)73,5-2-8-75-11-15(34,35)18(40,41)21(46,47)24(52,53)27(58,59)30(65,66)67)6-3-9-76-12-16(36,37)19(42,43)22(48,49)25(54,55)28(60,61)31(68,69)70/h1-12H2. The van der Waals surface area contributed by atoms with E-state index in [1.807, 2.05) is 0 Å². The Morgan fingerprint density at radius 1 is 0.263 bits per heavy atom. The van der Waals surface area contributed by atoms with Crippen LogP contribution in [0.3, 0.4) is 0 Å². The van der Waals surface area contributed by atoms with Crippen LogP contribution in [-0.4, -0.2) is 157 Å². The van der Waals surface area contributed by atoms with Crippen LogP contribution in [0.25, 0.3) is 0 Å². The van der Waals surface area contributed by atoms with E-state index in [4.69, 9.17) is 0 Å². The predicted molar refractivity (Wildman–Crippen MR) is 162 cm³/mol. The highest BCUT2D eigenvalue weighted by atomic mass is 19.5. The van der Waals surface area contributed by atoms with Gasteiger partial charge in [-0.05, 0) is 19.3 Å². The van der Waals surface area contributed by atoms with Crippen molar-refractivity contribution in [1.29, 1.82) is 0 Å². The summed E-state index contributed by atoms with van der Waals surface area (Å²) in [6.07, 6.45) is -33.4. The molecule has 456 valence electrons. The zero-order valence-corrected chi connectivity index (χ0v) is 35.2. The Morgan fingerprint density at radius 2 is 0.421 bits per heavy atom. The lowest BCUT2D eigenvalue weighted by Crippen LogP contribution is -2.70. The highest BCUT2D eigenvalue weighted by molar-refractivity contribution is 5.13. The van der Waals surface area contributed by atoms with Crippen LogP contribution in [0.2, 0.25) is 0 Å². The molecule has 0 amide bonds. The van der Waals surface area contributed by atoms with E-state index in [1.54, 1.807) is 0 Å². The molecule has 0 saturated heterocycles. The first-order valence-corrected chi connectivity index (χ1v) is 18.6. The minimum Gasteiger partial charge on any atom is -0.375 e. The fourth-order valence-corrected chi connectivity index (χ4v) is 5.44. The molecule has 0 fully saturated rings. The zero-order chi connectivity index (χ0) is 61.7. The maximum atomic E-state index is 14.1. The average molecular weight is 1230 g/mol. The number of ether oxygens (including phenoxy) is 3. The highest BCUT2D eigenvalue weighted by Crippen LogP contribution is 2.63. The molecule has 0 aliphatic carbocycles. The molecule has 0 rings (SSSR count). The lowest BCUT2D eigenvalue weighted by atomic mass is 9.84. The van der Waals surface area contributed by atoms with Gasteiger partial charge >= 0.3 is 107 Å². The van der Waals surface area contributed by atoms with Crippen LogP contribution < -0.4 is 0 Å². The summed E-state index contributed by atoms with van der Waals surface area (Å²) in [6.45, 7) is -16.4. The zero-order valence-electron chi connectivity index (χ0n) is 35.2. The molecule has 0 spiro atoms. The van der Waals surface area contributed by atoms with Crippen molar-refractivity contribution in [3.05, 3.63) is 10.1 Å². The second kappa shape index (κ2) is 21.6. The molecule has 45 heteroatoms. The van der Waals surface area contributed by atoms with Crippen LogP contribution in [-0.2, 0) is 14.2 Å². The number of rotatable bonds is 31. The molecule has 0 heterocycles. The van der Waals surface area contributed by atoms with E-state index in [2.05, 4.69) is 14.2 Å². The summed E-state index contributed by atoms with van der Waals surface area (Å²) in [6, 6.07) is 0. The summed E-state index contributed by atoms with van der Waals surface area (Å²) in [4.78, 5) is 10.3. The summed E-state index contributed by atoms with van der Waals surface area (Å²) in [5.41, 5.74) is -3.34. The van der Waals surface area contributed by atoms with Crippen LogP contribution in [0, 0.1) is 10.1 Å². The van der Waals surface area contributed by atoms with E-state index >= 15 is 0 Å². The summed E-state index contributed by atoms with van der Waals surface area (Å²) < 4.78 is 531. The Hall–Kier alpha value is -3.45. The van der Waals surface area contributed by atoms with Gasteiger partial charge in [-0.2, -0.15) is 171 Å². The van der Waals surface area contributed by atoms with Gasteiger partial charge in [0, 0.05) is 44.0 Å². The number of hydrogen-bond donors (Lipinski definition) is 0. The third kappa shape index (κ3) is 12.2. The monoisotopic (exact) mass is 1230 g/mol. The Morgan fingerprint density at radius 3 is 0.566 bits per heavy atom. The largest absolute Gasteiger partial charge is 0.460 e.